The number of halogens is 1. The Kier molecular flexibility index (Phi) is 4.54. The summed E-state index contributed by atoms with van der Waals surface area (Å²) in [6, 6.07) is 13.1. The van der Waals surface area contributed by atoms with Crippen LogP contribution in [0, 0.1) is 0 Å². The lowest BCUT2D eigenvalue weighted by Crippen LogP contribution is -2.44. The standard InChI is InChI=1S/C18H18ClN3O3S/c1-18(2,26(24,25)13-10-8-12(19)9-11-13)16(23)21-17-20-14-6-4-5-7-15(14)22(17)3/h4-11H,1-3H3,(H,20,21,23). The maximum atomic E-state index is 12.9. The van der Waals surface area contributed by atoms with Gasteiger partial charge in [0, 0.05) is 12.1 Å². The molecule has 8 heteroatoms. The molecular formula is C18H18ClN3O3S. The second kappa shape index (κ2) is 6.41. The summed E-state index contributed by atoms with van der Waals surface area (Å²) in [5.74, 6) is -0.374. The van der Waals surface area contributed by atoms with E-state index in [0.29, 0.717) is 10.5 Å². The molecule has 3 aromatic rings. The summed E-state index contributed by atoms with van der Waals surface area (Å²) < 4.78 is 25.9. The third-order valence-electron chi connectivity index (χ3n) is 4.36. The van der Waals surface area contributed by atoms with Gasteiger partial charge >= 0.3 is 0 Å². The number of fused-ring (bicyclic) bond motifs is 1. The summed E-state index contributed by atoms with van der Waals surface area (Å²) in [5, 5.41) is 3.06. The average molecular weight is 392 g/mol. The Morgan fingerprint density at radius 1 is 1.12 bits per heavy atom. The number of carbonyl (C=O) groups excluding carboxylic acids is 1. The van der Waals surface area contributed by atoms with E-state index in [1.54, 1.807) is 11.6 Å². The fraction of sp³-hybridized carbons (Fsp3) is 0.222. The van der Waals surface area contributed by atoms with Crippen molar-refractivity contribution in [3.05, 3.63) is 53.6 Å². The Bertz CT molecular complexity index is 1090. The van der Waals surface area contributed by atoms with E-state index < -0.39 is 20.5 Å². The van der Waals surface area contributed by atoms with Crippen molar-refractivity contribution in [1.29, 1.82) is 0 Å². The molecule has 0 aliphatic heterocycles. The zero-order chi connectivity index (χ0) is 19.1. The molecule has 0 radical (unpaired) electrons. The van der Waals surface area contributed by atoms with Crippen molar-refractivity contribution in [2.45, 2.75) is 23.5 Å². The van der Waals surface area contributed by atoms with Crippen molar-refractivity contribution in [2.24, 2.45) is 7.05 Å². The van der Waals surface area contributed by atoms with E-state index in [1.165, 1.54) is 38.1 Å². The number of para-hydroxylation sites is 2. The highest BCUT2D eigenvalue weighted by atomic mass is 35.5. The van der Waals surface area contributed by atoms with Crippen molar-refractivity contribution in [3.8, 4) is 0 Å². The van der Waals surface area contributed by atoms with Crippen LogP contribution in [0.25, 0.3) is 11.0 Å². The van der Waals surface area contributed by atoms with Crippen LogP contribution in [0.2, 0.25) is 5.02 Å². The Balaban J connectivity index is 1.94. The minimum Gasteiger partial charge on any atom is -0.313 e. The summed E-state index contributed by atoms with van der Waals surface area (Å²) in [7, 11) is -2.17. The molecule has 0 fully saturated rings. The molecule has 0 saturated heterocycles. The number of rotatable bonds is 4. The number of carbonyl (C=O) groups is 1. The van der Waals surface area contributed by atoms with Gasteiger partial charge < -0.3 is 4.57 Å². The SMILES string of the molecule is Cn1c(NC(=O)C(C)(C)S(=O)(=O)c2ccc(Cl)cc2)nc2ccccc21. The van der Waals surface area contributed by atoms with Crippen LogP contribution >= 0.6 is 11.6 Å². The van der Waals surface area contributed by atoms with Crippen LogP contribution < -0.4 is 5.32 Å². The van der Waals surface area contributed by atoms with Crippen LogP contribution in [0.5, 0.6) is 0 Å². The molecule has 1 amide bonds. The predicted octanol–water partition coefficient (Wildman–Crippen LogP) is 3.42. The van der Waals surface area contributed by atoms with E-state index in [2.05, 4.69) is 10.3 Å². The highest BCUT2D eigenvalue weighted by Gasteiger charge is 2.43. The van der Waals surface area contributed by atoms with Crippen LogP contribution in [-0.2, 0) is 21.7 Å². The first-order valence-corrected chi connectivity index (χ1v) is 9.74. The van der Waals surface area contributed by atoms with Gasteiger partial charge in [-0.25, -0.2) is 13.4 Å². The molecule has 0 aliphatic rings. The number of hydrogen-bond acceptors (Lipinski definition) is 4. The van der Waals surface area contributed by atoms with Crippen LogP contribution in [0.15, 0.2) is 53.4 Å². The molecule has 2 aromatic carbocycles. The van der Waals surface area contributed by atoms with Gasteiger partial charge in [-0.3, -0.25) is 10.1 Å². The van der Waals surface area contributed by atoms with Gasteiger partial charge in [-0.1, -0.05) is 23.7 Å². The third kappa shape index (κ3) is 2.97. The zero-order valence-corrected chi connectivity index (χ0v) is 16.1. The number of hydrogen-bond donors (Lipinski definition) is 1. The largest absolute Gasteiger partial charge is 0.313 e. The fourth-order valence-corrected chi connectivity index (χ4v) is 4.04. The Morgan fingerprint density at radius 2 is 1.73 bits per heavy atom. The molecular weight excluding hydrogens is 374 g/mol. The average Bonchev–Trinajstić information content (AvgIpc) is 2.91. The molecule has 1 heterocycles. The number of amides is 1. The quantitative estimate of drug-likeness (QED) is 0.738. The monoisotopic (exact) mass is 391 g/mol. The fourth-order valence-electron chi connectivity index (χ4n) is 2.54. The summed E-state index contributed by atoms with van der Waals surface area (Å²) >= 11 is 5.82. The Morgan fingerprint density at radius 3 is 2.35 bits per heavy atom. The lowest BCUT2D eigenvalue weighted by Gasteiger charge is -2.23. The van der Waals surface area contributed by atoms with E-state index in [-0.39, 0.29) is 10.8 Å². The second-order valence-corrected chi connectivity index (χ2v) is 9.34. The highest BCUT2D eigenvalue weighted by Crippen LogP contribution is 2.28. The van der Waals surface area contributed by atoms with E-state index >= 15 is 0 Å². The number of imidazole rings is 1. The van der Waals surface area contributed by atoms with Crippen molar-refractivity contribution in [1.82, 2.24) is 9.55 Å². The number of aryl methyl sites for hydroxylation is 1. The highest BCUT2D eigenvalue weighted by molar-refractivity contribution is 7.93. The van der Waals surface area contributed by atoms with Gasteiger partial charge in [0.25, 0.3) is 0 Å². The summed E-state index contributed by atoms with van der Waals surface area (Å²) in [4.78, 5) is 17.2. The third-order valence-corrected chi connectivity index (χ3v) is 7.03. The van der Waals surface area contributed by atoms with Gasteiger partial charge in [-0.15, -0.1) is 0 Å². The first-order chi connectivity index (χ1) is 12.1. The first kappa shape index (κ1) is 18.4. The zero-order valence-electron chi connectivity index (χ0n) is 14.5. The lowest BCUT2D eigenvalue weighted by atomic mass is 10.2. The molecule has 1 N–H and O–H groups in total. The van der Waals surface area contributed by atoms with Gasteiger partial charge in [0.15, 0.2) is 9.84 Å². The van der Waals surface area contributed by atoms with Crippen LogP contribution in [0.1, 0.15) is 13.8 Å². The predicted molar refractivity (Wildman–Crippen MR) is 102 cm³/mol. The molecule has 6 nitrogen and oxygen atoms in total. The van der Waals surface area contributed by atoms with Crippen LogP contribution in [-0.4, -0.2) is 28.6 Å². The number of aromatic nitrogens is 2. The molecule has 1 aromatic heterocycles. The maximum Gasteiger partial charge on any atom is 0.247 e. The molecule has 0 aliphatic carbocycles. The molecule has 26 heavy (non-hydrogen) atoms. The smallest absolute Gasteiger partial charge is 0.247 e. The van der Waals surface area contributed by atoms with Crippen LogP contribution in [0.4, 0.5) is 5.95 Å². The number of sulfone groups is 1. The second-order valence-electron chi connectivity index (χ2n) is 6.40. The normalized spacial score (nSPS) is 12.3. The molecule has 0 atom stereocenters. The van der Waals surface area contributed by atoms with Crippen molar-refractivity contribution >= 4 is 44.3 Å². The van der Waals surface area contributed by atoms with Crippen molar-refractivity contribution < 1.29 is 13.2 Å². The summed E-state index contributed by atoms with van der Waals surface area (Å²) in [5.41, 5.74) is 1.55. The van der Waals surface area contributed by atoms with E-state index in [1.807, 2.05) is 24.3 Å². The lowest BCUT2D eigenvalue weighted by molar-refractivity contribution is -0.117. The van der Waals surface area contributed by atoms with Gasteiger partial charge in [0.2, 0.25) is 11.9 Å². The van der Waals surface area contributed by atoms with E-state index in [4.69, 9.17) is 11.6 Å². The minimum absolute atomic E-state index is 0.0343. The maximum absolute atomic E-state index is 12.9. The Hall–Kier alpha value is -2.38. The Labute approximate surface area is 156 Å². The van der Waals surface area contributed by atoms with E-state index in [9.17, 15) is 13.2 Å². The number of nitrogens with one attached hydrogen (secondary N) is 1. The molecule has 136 valence electrons. The van der Waals surface area contributed by atoms with Crippen molar-refractivity contribution in [2.75, 3.05) is 5.32 Å². The van der Waals surface area contributed by atoms with E-state index in [0.717, 1.165) is 5.52 Å². The topological polar surface area (TPSA) is 81.1 Å². The van der Waals surface area contributed by atoms with Gasteiger partial charge in [0.05, 0.1) is 15.9 Å². The minimum atomic E-state index is -3.93. The van der Waals surface area contributed by atoms with Gasteiger partial charge in [-0.05, 0) is 50.2 Å². The van der Waals surface area contributed by atoms with Gasteiger partial charge in [-0.2, -0.15) is 0 Å². The molecule has 0 bridgehead atoms. The molecule has 3 rings (SSSR count). The molecule has 0 spiro atoms. The van der Waals surface area contributed by atoms with Gasteiger partial charge in [0.1, 0.15) is 4.75 Å². The number of anilines is 1. The summed E-state index contributed by atoms with van der Waals surface area (Å²) in [6.45, 7) is 2.74. The number of benzene rings is 2. The van der Waals surface area contributed by atoms with Crippen molar-refractivity contribution in [3.63, 3.8) is 0 Å². The molecule has 0 saturated carbocycles. The first-order valence-electron chi connectivity index (χ1n) is 7.88. The molecule has 0 unspecified atom stereocenters. The number of nitrogens with zero attached hydrogens (tertiary/aromatic N) is 2. The van der Waals surface area contributed by atoms with Crippen LogP contribution in [0.3, 0.4) is 0 Å². The summed E-state index contributed by atoms with van der Waals surface area (Å²) in [6.07, 6.45) is 0.